The van der Waals surface area contributed by atoms with E-state index < -0.39 is 0 Å². The highest BCUT2D eigenvalue weighted by atomic mass is 79.9. The summed E-state index contributed by atoms with van der Waals surface area (Å²) in [6.07, 6.45) is 0. The molecule has 3 aromatic carbocycles. The van der Waals surface area contributed by atoms with Crippen LogP contribution in [-0.4, -0.2) is 20.1 Å². The minimum atomic E-state index is -0.200. The summed E-state index contributed by atoms with van der Waals surface area (Å²) < 4.78 is 17.0. The molecular weight excluding hydrogens is 446 g/mol. The predicted octanol–water partition coefficient (Wildman–Crippen LogP) is 5.11. The number of methoxy groups -OCH3 is 2. The third kappa shape index (κ3) is 5.84. The van der Waals surface area contributed by atoms with Crippen molar-refractivity contribution in [2.75, 3.05) is 14.2 Å². The van der Waals surface area contributed by atoms with Gasteiger partial charge in [0, 0.05) is 12.1 Å². The quantitative estimate of drug-likeness (QED) is 0.472. The number of carbonyl (C=O) groups excluding carboxylic acids is 1. The van der Waals surface area contributed by atoms with E-state index in [4.69, 9.17) is 14.2 Å². The van der Waals surface area contributed by atoms with E-state index >= 15 is 0 Å². The molecule has 0 unspecified atom stereocenters. The second-order valence-corrected chi connectivity index (χ2v) is 7.47. The van der Waals surface area contributed by atoms with Gasteiger partial charge in [-0.1, -0.05) is 54.6 Å². The van der Waals surface area contributed by atoms with Crippen molar-refractivity contribution in [2.45, 2.75) is 19.8 Å². The van der Waals surface area contributed by atoms with Gasteiger partial charge in [-0.2, -0.15) is 0 Å². The second-order valence-electron chi connectivity index (χ2n) is 6.67. The predicted molar refractivity (Wildman–Crippen MR) is 120 cm³/mol. The summed E-state index contributed by atoms with van der Waals surface area (Å²) in [5.41, 5.74) is 3.71. The van der Waals surface area contributed by atoms with E-state index in [1.165, 1.54) is 0 Å². The average molecular weight is 470 g/mol. The SMILES string of the molecule is COc1cc(C(=O)NCc2ccc(COCc3ccccc3)cc2)cc(OC)c1Br. The normalized spacial score (nSPS) is 10.5. The largest absolute Gasteiger partial charge is 0.495 e. The molecule has 0 atom stereocenters. The van der Waals surface area contributed by atoms with Crippen molar-refractivity contribution in [1.29, 1.82) is 0 Å². The number of carbonyl (C=O) groups is 1. The second kappa shape index (κ2) is 10.8. The van der Waals surface area contributed by atoms with Gasteiger partial charge < -0.3 is 19.5 Å². The molecule has 0 aliphatic heterocycles. The molecule has 156 valence electrons. The fourth-order valence-corrected chi connectivity index (χ4v) is 3.45. The molecule has 6 heteroatoms. The van der Waals surface area contributed by atoms with Crippen LogP contribution >= 0.6 is 15.9 Å². The summed E-state index contributed by atoms with van der Waals surface area (Å²) in [5.74, 6) is 0.882. The van der Waals surface area contributed by atoms with Crippen LogP contribution in [0, 0.1) is 0 Å². The van der Waals surface area contributed by atoms with Gasteiger partial charge in [0.15, 0.2) is 0 Å². The van der Waals surface area contributed by atoms with E-state index in [0.29, 0.717) is 41.3 Å². The molecule has 0 saturated heterocycles. The summed E-state index contributed by atoms with van der Waals surface area (Å²) in [5, 5.41) is 2.92. The highest BCUT2D eigenvalue weighted by molar-refractivity contribution is 9.10. The fourth-order valence-electron chi connectivity index (χ4n) is 2.90. The van der Waals surface area contributed by atoms with Crippen LogP contribution in [0.15, 0.2) is 71.2 Å². The third-order valence-corrected chi connectivity index (χ3v) is 5.35. The van der Waals surface area contributed by atoms with Gasteiger partial charge in [-0.3, -0.25) is 4.79 Å². The van der Waals surface area contributed by atoms with Gasteiger partial charge in [-0.15, -0.1) is 0 Å². The monoisotopic (exact) mass is 469 g/mol. The molecule has 5 nitrogen and oxygen atoms in total. The lowest BCUT2D eigenvalue weighted by Crippen LogP contribution is -2.22. The topological polar surface area (TPSA) is 56.8 Å². The minimum Gasteiger partial charge on any atom is -0.495 e. The van der Waals surface area contributed by atoms with Gasteiger partial charge in [-0.25, -0.2) is 0 Å². The van der Waals surface area contributed by atoms with Gasteiger partial charge in [0.2, 0.25) is 0 Å². The van der Waals surface area contributed by atoms with Crippen molar-refractivity contribution in [1.82, 2.24) is 5.32 Å². The molecule has 1 N–H and O–H groups in total. The number of ether oxygens (including phenoxy) is 3. The molecule has 0 fully saturated rings. The standard InChI is InChI=1S/C24H24BrNO4/c1-28-21-12-20(13-22(29-2)23(21)25)24(27)26-14-17-8-10-19(11-9-17)16-30-15-18-6-4-3-5-7-18/h3-13H,14-16H2,1-2H3,(H,26,27). The smallest absolute Gasteiger partial charge is 0.251 e. The Morgan fingerprint density at radius 1 is 0.833 bits per heavy atom. The Morgan fingerprint density at radius 3 is 1.93 bits per heavy atom. The average Bonchev–Trinajstić information content (AvgIpc) is 2.79. The van der Waals surface area contributed by atoms with Gasteiger partial charge in [0.1, 0.15) is 16.0 Å². The number of rotatable bonds is 9. The summed E-state index contributed by atoms with van der Waals surface area (Å²) in [4.78, 5) is 12.6. The van der Waals surface area contributed by atoms with Gasteiger partial charge in [0.25, 0.3) is 5.91 Å². The van der Waals surface area contributed by atoms with Gasteiger partial charge >= 0.3 is 0 Å². The molecule has 0 bridgehead atoms. The molecule has 30 heavy (non-hydrogen) atoms. The highest BCUT2D eigenvalue weighted by Gasteiger charge is 2.14. The number of nitrogens with one attached hydrogen (secondary N) is 1. The first-order valence-electron chi connectivity index (χ1n) is 9.50. The zero-order chi connectivity index (χ0) is 21.3. The first-order valence-corrected chi connectivity index (χ1v) is 10.3. The van der Waals surface area contributed by atoms with Crippen molar-refractivity contribution in [3.05, 3.63) is 93.5 Å². The van der Waals surface area contributed by atoms with Crippen molar-refractivity contribution in [3.8, 4) is 11.5 Å². The van der Waals surface area contributed by atoms with Gasteiger partial charge in [0.05, 0.1) is 27.4 Å². The van der Waals surface area contributed by atoms with Crippen molar-refractivity contribution in [2.24, 2.45) is 0 Å². The number of amides is 1. The van der Waals surface area contributed by atoms with E-state index in [2.05, 4.69) is 21.2 Å². The number of halogens is 1. The third-order valence-electron chi connectivity index (χ3n) is 4.56. The van der Waals surface area contributed by atoms with Crippen LogP contribution in [0.25, 0.3) is 0 Å². The Balaban J connectivity index is 1.53. The number of hydrogen-bond acceptors (Lipinski definition) is 4. The lowest BCUT2D eigenvalue weighted by Gasteiger charge is -2.12. The molecule has 0 heterocycles. The van der Waals surface area contributed by atoms with Crippen LogP contribution in [0.4, 0.5) is 0 Å². The zero-order valence-electron chi connectivity index (χ0n) is 17.0. The maximum atomic E-state index is 12.6. The van der Waals surface area contributed by atoms with Crippen LogP contribution in [0.5, 0.6) is 11.5 Å². The summed E-state index contributed by atoms with van der Waals surface area (Å²) >= 11 is 3.41. The summed E-state index contributed by atoms with van der Waals surface area (Å²) in [6.45, 7) is 1.55. The molecule has 0 saturated carbocycles. The Labute approximate surface area is 185 Å². The van der Waals surface area contributed by atoms with E-state index in [1.807, 2.05) is 54.6 Å². The zero-order valence-corrected chi connectivity index (χ0v) is 18.6. The molecule has 0 radical (unpaired) electrons. The van der Waals surface area contributed by atoms with Crippen LogP contribution in [0.3, 0.4) is 0 Å². The van der Waals surface area contributed by atoms with E-state index in [0.717, 1.165) is 16.7 Å². The Morgan fingerprint density at radius 2 is 1.37 bits per heavy atom. The van der Waals surface area contributed by atoms with Crippen molar-refractivity contribution in [3.63, 3.8) is 0 Å². The van der Waals surface area contributed by atoms with Crippen LogP contribution in [-0.2, 0) is 24.5 Å². The van der Waals surface area contributed by atoms with Crippen molar-refractivity contribution < 1.29 is 19.0 Å². The number of benzene rings is 3. The number of hydrogen-bond donors (Lipinski definition) is 1. The van der Waals surface area contributed by atoms with Crippen molar-refractivity contribution >= 4 is 21.8 Å². The molecule has 0 aliphatic rings. The Kier molecular flexibility index (Phi) is 7.88. The van der Waals surface area contributed by atoms with Crippen LogP contribution in [0.2, 0.25) is 0 Å². The van der Waals surface area contributed by atoms with E-state index in [-0.39, 0.29) is 5.91 Å². The highest BCUT2D eigenvalue weighted by Crippen LogP contribution is 2.35. The maximum Gasteiger partial charge on any atom is 0.251 e. The molecule has 3 aromatic rings. The maximum absolute atomic E-state index is 12.6. The van der Waals surface area contributed by atoms with Crippen LogP contribution in [0.1, 0.15) is 27.0 Å². The summed E-state index contributed by atoms with van der Waals surface area (Å²) in [6, 6.07) is 21.4. The first-order chi connectivity index (χ1) is 14.6. The Hall–Kier alpha value is -2.83. The lowest BCUT2D eigenvalue weighted by atomic mass is 10.1. The lowest BCUT2D eigenvalue weighted by molar-refractivity contribution is 0.0950. The fraction of sp³-hybridized carbons (Fsp3) is 0.208. The molecule has 0 aromatic heterocycles. The van der Waals surface area contributed by atoms with E-state index in [9.17, 15) is 4.79 Å². The molecular formula is C24H24BrNO4. The first kappa shape index (κ1) is 21.9. The summed E-state index contributed by atoms with van der Waals surface area (Å²) in [7, 11) is 3.10. The molecule has 0 spiro atoms. The molecule has 3 rings (SSSR count). The molecule has 0 aliphatic carbocycles. The van der Waals surface area contributed by atoms with E-state index in [1.54, 1.807) is 26.4 Å². The van der Waals surface area contributed by atoms with Gasteiger partial charge in [-0.05, 0) is 44.8 Å². The van der Waals surface area contributed by atoms with Crippen LogP contribution < -0.4 is 14.8 Å². The Bertz CT molecular complexity index is 949. The molecule has 1 amide bonds. The minimum absolute atomic E-state index is 0.200.